The zero-order chi connectivity index (χ0) is 19.2. The van der Waals surface area contributed by atoms with E-state index in [1.165, 1.54) is 18.2 Å². The first-order chi connectivity index (χ1) is 13.0. The number of benzene rings is 3. The normalized spacial score (nSPS) is 10.3. The van der Waals surface area contributed by atoms with Crippen LogP contribution >= 0.6 is 11.6 Å². The number of anilines is 1. The summed E-state index contributed by atoms with van der Waals surface area (Å²) in [6.45, 7) is 0. The van der Waals surface area contributed by atoms with Crippen molar-refractivity contribution in [2.75, 3.05) is 5.32 Å². The summed E-state index contributed by atoms with van der Waals surface area (Å²) in [5.74, 6) is -0.179. The first-order valence-corrected chi connectivity index (χ1v) is 8.53. The van der Waals surface area contributed by atoms with Gasteiger partial charge in [0.2, 0.25) is 5.91 Å². The average Bonchev–Trinajstić information content (AvgIpc) is 2.62. The van der Waals surface area contributed by atoms with E-state index in [0.29, 0.717) is 16.5 Å². The van der Waals surface area contributed by atoms with Crippen LogP contribution in [0.3, 0.4) is 0 Å². The summed E-state index contributed by atoms with van der Waals surface area (Å²) in [5.41, 5.74) is 0.880. The van der Waals surface area contributed by atoms with Gasteiger partial charge in [0.25, 0.3) is 0 Å². The Morgan fingerprint density at radius 3 is 2.41 bits per heavy atom. The van der Waals surface area contributed by atoms with Gasteiger partial charge in [-0.2, -0.15) is 0 Å². The van der Waals surface area contributed by atoms with Crippen molar-refractivity contribution in [1.29, 1.82) is 0 Å². The summed E-state index contributed by atoms with van der Waals surface area (Å²) in [4.78, 5) is 23.6. The molecule has 0 heterocycles. The molecule has 0 saturated heterocycles. The Hall–Kier alpha value is -3.31. The lowest BCUT2D eigenvalue weighted by Gasteiger charge is -2.10. The van der Waals surface area contributed by atoms with Gasteiger partial charge in [0.05, 0.1) is 17.7 Å². The minimum absolute atomic E-state index is 0.0195. The van der Waals surface area contributed by atoms with Crippen molar-refractivity contribution >= 4 is 29.2 Å². The topological polar surface area (TPSA) is 75.6 Å². The molecule has 0 atom stereocenters. The van der Waals surface area contributed by atoms with E-state index in [9.17, 15) is 14.7 Å². The lowest BCUT2D eigenvalue weighted by atomic mass is 10.1. The molecule has 2 N–H and O–H groups in total. The molecule has 0 aliphatic rings. The minimum Gasteiger partial charge on any atom is -0.478 e. The number of halogens is 1. The smallest absolute Gasteiger partial charge is 0.337 e. The molecule has 3 rings (SSSR count). The van der Waals surface area contributed by atoms with E-state index in [0.717, 1.165) is 5.56 Å². The second-order valence-electron chi connectivity index (χ2n) is 5.78. The Morgan fingerprint density at radius 2 is 1.67 bits per heavy atom. The maximum absolute atomic E-state index is 12.3. The van der Waals surface area contributed by atoms with Crippen LogP contribution in [0.5, 0.6) is 11.5 Å². The van der Waals surface area contributed by atoms with Crippen molar-refractivity contribution in [2.24, 2.45) is 0 Å². The van der Waals surface area contributed by atoms with Crippen LogP contribution in [0, 0.1) is 0 Å². The van der Waals surface area contributed by atoms with Crippen molar-refractivity contribution < 1.29 is 19.4 Å². The molecular formula is C21H16ClNO4. The van der Waals surface area contributed by atoms with Crippen molar-refractivity contribution in [3.05, 3.63) is 88.9 Å². The molecule has 0 radical (unpaired) electrons. The lowest BCUT2D eigenvalue weighted by Crippen LogP contribution is -2.16. The molecule has 0 aliphatic heterocycles. The maximum atomic E-state index is 12.3. The van der Waals surface area contributed by atoms with Crippen LogP contribution < -0.4 is 10.1 Å². The highest BCUT2D eigenvalue weighted by molar-refractivity contribution is 6.31. The number of para-hydroxylation sites is 1. The highest BCUT2D eigenvalue weighted by atomic mass is 35.5. The summed E-state index contributed by atoms with van der Waals surface area (Å²) in [7, 11) is 0. The van der Waals surface area contributed by atoms with Gasteiger partial charge in [-0.15, -0.1) is 0 Å². The fraction of sp³-hybridized carbons (Fsp3) is 0.0476. The molecule has 0 aromatic heterocycles. The van der Waals surface area contributed by atoms with Crippen molar-refractivity contribution in [3.8, 4) is 11.5 Å². The third-order valence-electron chi connectivity index (χ3n) is 3.73. The predicted octanol–water partition coefficient (Wildman–Crippen LogP) is 5.01. The molecule has 1 amide bonds. The number of ether oxygens (including phenoxy) is 1. The Labute approximate surface area is 161 Å². The Kier molecular flexibility index (Phi) is 5.74. The molecule has 0 unspecified atom stereocenters. The Morgan fingerprint density at radius 1 is 0.926 bits per heavy atom. The van der Waals surface area contributed by atoms with Gasteiger partial charge < -0.3 is 15.2 Å². The number of hydrogen-bond acceptors (Lipinski definition) is 3. The molecule has 0 fully saturated rings. The zero-order valence-corrected chi connectivity index (χ0v) is 14.9. The third kappa shape index (κ3) is 5.09. The van der Waals surface area contributed by atoms with Crippen molar-refractivity contribution in [3.63, 3.8) is 0 Å². The first-order valence-electron chi connectivity index (χ1n) is 8.16. The molecule has 0 bridgehead atoms. The van der Waals surface area contributed by atoms with Gasteiger partial charge in [-0.3, -0.25) is 4.79 Å². The highest BCUT2D eigenvalue weighted by Crippen LogP contribution is 2.23. The number of aromatic carboxylic acids is 1. The fourth-order valence-electron chi connectivity index (χ4n) is 2.53. The molecule has 0 spiro atoms. The van der Waals surface area contributed by atoms with Gasteiger partial charge in [-0.25, -0.2) is 4.79 Å². The number of carbonyl (C=O) groups excluding carboxylic acids is 1. The largest absolute Gasteiger partial charge is 0.478 e. The third-order valence-corrected chi connectivity index (χ3v) is 3.96. The first kappa shape index (κ1) is 18.5. The van der Waals surface area contributed by atoms with E-state index in [4.69, 9.17) is 16.3 Å². The van der Waals surface area contributed by atoms with E-state index in [1.54, 1.807) is 24.3 Å². The number of carboxylic acid groups (broad SMARTS) is 1. The number of nitrogens with one attached hydrogen (secondary N) is 1. The number of amides is 1. The second kappa shape index (κ2) is 8.38. The Balaban J connectivity index is 1.71. The maximum Gasteiger partial charge on any atom is 0.337 e. The van der Waals surface area contributed by atoms with Crippen LogP contribution in [0.15, 0.2) is 72.8 Å². The molecule has 0 saturated carbocycles. The van der Waals surface area contributed by atoms with E-state index >= 15 is 0 Å². The monoisotopic (exact) mass is 381 g/mol. The quantitative estimate of drug-likeness (QED) is 0.629. The molecule has 136 valence electrons. The van der Waals surface area contributed by atoms with E-state index < -0.39 is 5.97 Å². The number of carbonyl (C=O) groups is 2. The molecule has 5 nitrogen and oxygen atoms in total. The minimum atomic E-state index is -1.14. The van der Waals surface area contributed by atoms with E-state index in [1.807, 2.05) is 30.3 Å². The van der Waals surface area contributed by atoms with Crippen molar-refractivity contribution in [2.45, 2.75) is 6.42 Å². The van der Waals surface area contributed by atoms with Crippen molar-refractivity contribution in [1.82, 2.24) is 0 Å². The molecule has 6 heteroatoms. The number of rotatable bonds is 6. The lowest BCUT2D eigenvalue weighted by molar-refractivity contribution is -0.115. The van der Waals surface area contributed by atoms with Crippen LogP contribution in [0.1, 0.15) is 15.9 Å². The van der Waals surface area contributed by atoms with Crippen LogP contribution in [0.25, 0.3) is 0 Å². The van der Waals surface area contributed by atoms with E-state index in [-0.39, 0.29) is 23.6 Å². The number of carboxylic acids is 1. The van der Waals surface area contributed by atoms with Gasteiger partial charge in [-0.05, 0) is 48.0 Å². The summed E-state index contributed by atoms with van der Waals surface area (Å²) in [6, 6.07) is 20.7. The van der Waals surface area contributed by atoms with Gasteiger partial charge in [-0.1, -0.05) is 41.9 Å². The Bertz CT molecular complexity index is 973. The van der Waals surface area contributed by atoms with Gasteiger partial charge in [0.1, 0.15) is 11.5 Å². The average molecular weight is 382 g/mol. The SMILES string of the molecule is O=C(Cc1cccc(Oc2ccccc2)c1)Nc1cc(Cl)ccc1C(=O)O. The van der Waals surface area contributed by atoms with Gasteiger partial charge in [0.15, 0.2) is 0 Å². The van der Waals surface area contributed by atoms with Crippen LogP contribution in [-0.4, -0.2) is 17.0 Å². The molecule has 3 aromatic rings. The van der Waals surface area contributed by atoms with Crippen LogP contribution in [0.4, 0.5) is 5.69 Å². The number of hydrogen-bond donors (Lipinski definition) is 2. The van der Waals surface area contributed by atoms with Gasteiger partial charge >= 0.3 is 5.97 Å². The molecule has 3 aromatic carbocycles. The van der Waals surface area contributed by atoms with Crippen LogP contribution in [-0.2, 0) is 11.2 Å². The summed E-state index contributed by atoms with van der Waals surface area (Å²) in [5, 5.41) is 12.2. The predicted molar refractivity (Wildman–Crippen MR) is 104 cm³/mol. The standard InChI is InChI=1S/C21H16ClNO4/c22-15-9-10-18(21(25)26)19(13-15)23-20(24)12-14-5-4-8-17(11-14)27-16-6-2-1-3-7-16/h1-11,13H,12H2,(H,23,24)(H,25,26). The highest BCUT2D eigenvalue weighted by Gasteiger charge is 2.13. The summed E-state index contributed by atoms with van der Waals surface area (Å²) >= 11 is 5.90. The van der Waals surface area contributed by atoms with Gasteiger partial charge in [0, 0.05) is 5.02 Å². The van der Waals surface area contributed by atoms with Crippen LogP contribution in [0.2, 0.25) is 5.02 Å². The second-order valence-corrected chi connectivity index (χ2v) is 6.22. The summed E-state index contributed by atoms with van der Waals surface area (Å²) in [6.07, 6.45) is 0.0670. The zero-order valence-electron chi connectivity index (χ0n) is 14.2. The molecule has 0 aliphatic carbocycles. The van der Waals surface area contributed by atoms with E-state index in [2.05, 4.69) is 5.32 Å². The molecule has 27 heavy (non-hydrogen) atoms. The summed E-state index contributed by atoms with van der Waals surface area (Å²) < 4.78 is 5.76. The fourth-order valence-corrected chi connectivity index (χ4v) is 2.70. The molecular weight excluding hydrogens is 366 g/mol.